The van der Waals surface area contributed by atoms with Gasteiger partial charge in [-0.1, -0.05) is 11.6 Å². The fraction of sp³-hybridized carbons (Fsp3) is 0.200. The Balaban J connectivity index is 1.46. The second-order valence-corrected chi connectivity index (χ2v) is 6.84. The zero-order valence-electron chi connectivity index (χ0n) is 15.1. The maximum atomic E-state index is 13.1. The summed E-state index contributed by atoms with van der Waals surface area (Å²) in [5.41, 5.74) is 2.77. The molecule has 0 radical (unpaired) electrons. The quantitative estimate of drug-likeness (QED) is 0.599. The van der Waals surface area contributed by atoms with E-state index in [-0.39, 0.29) is 5.82 Å². The van der Waals surface area contributed by atoms with E-state index in [2.05, 4.69) is 43.0 Å². The van der Waals surface area contributed by atoms with Crippen molar-refractivity contribution < 1.29 is 4.39 Å². The highest BCUT2D eigenvalue weighted by atomic mass is 35.5. The van der Waals surface area contributed by atoms with Crippen LogP contribution in [0, 0.1) is 5.82 Å². The van der Waals surface area contributed by atoms with Crippen LogP contribution in [0.4, 0.5) is 33.2 Å². The first-order valence-electron chi connectivity index (χ1n) is 9.05. The van der Waals surface area contributed by atoms with E-state index in [1.54, 1.807) is 12.1 Å². The number of benzene rings is 2. The van der Waals surface area contributed by atoms with E-state index in [4.69, 9.17) is 11.6 Å². The molecule has 6 nitrogen and oxygen atoms in total. The van der Waals surface area contributed by atoms with E-state index in [0.717, 1.165) is 31.9 Å². The Labute approximate surface area is 167 Å². The van der Waals surface area contributed by atoms with E-state index in [0.29, 0.717) is 22.5 Å². The molecule has 0 atom stereocenters. The first-order valence-corrected chi connectivity index (χ1v) is 9.43. The molecule has 28 heavy (non-hydrogen) atoms. The Morgan fingerprint density at radius 2 is 1.57 bits per heavy atom. The van der Waals surface area contributed by atoms with Crippen LogP contribution in [-0.4, -0.2) is 36.1 Å². The van der Waals surface area contributed by atoms with Crippen LogP contribution in [0.15, 0.2) is 54.7 Å². The van der Waals surface area contributed by atoms with Crippen molar-refractivity contribution in [2.75, 3.05) is 41.7 Å². The average Bonchev–Trinajstić information content (AvgIpc) is 2.73. The summed E-state index contributed by atoms with van der Waals surface area (Å²) < 4.78 is 13.1. The van der Waals surface area contributed by atoms with E-state index in [9.17, 15) is 4.39 Å². The molecule has 1 saturated heterocycles. The number of piperazine rings is 1. The van der Waals surface area contributed by atoms with Gasteiger partial charge < -0.3 is 20.9 Å². The molecule has 0 saturated carbocycles. The van der Waals surface area contributed by atoms with Gasteiger partial charge in [0.25, 0.3) is 0 Å². The number of halogens is 2. The molecule has 1 aliphatic rings. The van der Waals surface area contributed by atoms with E-state index < -0.39 is 0 Å². The summed E-state index contributed by atoms with van der Waals surface area (Å²) in [6.45, 7) is 4.02. The first kappa shape index (κ1) is 18.5. The van der Waals surface area contributed by atoms with Crippen LogP contribution in [0.2, 0.25) is 5.02 Å². The lowest BCUT2D eigenvalue weighted by Gasteiger charge is -2.29. The topological polar surface area (TPSA) is 65.1 Å². The van der Waals surface area contributed by atoms with Gasteiger partial charge in [-0.3, -0.25) is 0 Å². The monoisotopic (exact) mass is 398 g/mol. The fourth-order valence-corrected chi connectivity index (χ4v) is 3.13. The maximum absolute atomic E-state index is 13.1. The van der Waals surface area contributed by atoms with Crippen molar-refractivity contribution in [3.05, 3.63) is 65.6 Å². The van der Waals surface area contributed by atoms with Gasteiger partial charge >= 0.3 is 0 Å². The summed E-state index contributed by atoms with van der Waals surface area (Å²) in [4.78, 5) is 11.0. The number of nitrogens with zero attached hydrogens (tertiary/aromatic N) is 3. The van der Waals surface area contributed by atoms with Crippen molar-refractivity contribution in [3.63, 3.8) is 0 Å². The van der Waals surface area contributed by atoms with Gasteiger partial charge in [0, 0.05) is 43.2 Å². The summed E-state index contributed by atoms with van der Waals surface area (Å²) in [6.07, 6.45) is 1.53. The number of aromatic nitrogens is 2. The third-order valence-corrected chi connectivity index (χ3v) is 4.73. The van der Waals surface area contributed by atoms with E-state index in [1.807, 2.05) is 12.1 Å². The molecule has 1 aromatic heterocycles. The number of nitrogens with one attached hydrogen (secondary N) is 3. The van der Waals surface area contributed by atoms with Crippen LogP contribution in [0.25, 0.3) is 0 Å². The number of anilines is 5. The van der Waals surface area contributed by atoms with Crippen LogP contribution < -0.4 is 20.9 Å². The zero-order valence-corrected chi connectivity index (χ0v) is 15.9. The summed E-state index contributed by atoms with van der Waals surface area (Å²) in [5, 5.41) is 9.99. The second-order valence-electron chi connectivity index (χ2n) is 6.43. The molecule has 0 aliphatic carbocycles. The van der Waals surface area contributed by atoms with Crippen molar-refractivity contribution in [1.29, 1.82) is 0 Å². The first-order chi connectivity index (χ1) is 13.7. The molecule has 8 heteroatoms. The molecule has 0 unspecified atom stereocenters. The number of hydrogen-bond donors (Lipinski definition) is 3. The van der Waals surface area contributed by atoms with Crippen molar-refractivity contribution in [1.82, 2.24) is 15.3 Å². The van der Waals surface area contributed by atoms with Gasteiger partial charge in [-0.25, -0.2) is 9.37 Å². The van der Waals surface area contributed by atoms with Gasteiger partial charge in [-0.2, -0.15) is 4.98 Å². The van der Waals surface area contributed by atoms with Crippen LogP contribution in [0.3, 0.4) is 0 Å². The summed E-state index contributed by atoms with van der Waals surface area (Å²) >= 11 is 6.19. The molecule has 2 aromatic carbocycles. The van der Waals surface area contributed by atoms with E-state index in [1.165, 1.54) is 24.0 Å². The lowest BCUT2D eigenvalue weighted by Crippen LogP contribution is -2.43. The molecule has 0 spiro atoms. The summed E-state index contributed by atoms with van der Waals surface area (Å²) in [7, 11) is 0. The molecule has 144 valence electrons. The molecule has 1 fully saturated rings. The van der Waals surface area contributed by atoms with Gasteiger partial charge in [0.15, 0.2) is 5.82 Å². The van der Waals surface area contributed by atoms with E-state index >= 15 is 0 Å². The van der Waals surface area contributed by atoms with Crippen molar-refractivity contribution >= 4 is 40.4 Å². The molecule has 0 amide bonds. The Kier molecular flexibility index (Phi) is 5.55. The highest BCUT2D eigenvalue weighted by Gasteiger charge is 2.11. The minimum absolute atomic E-state index is 0.300. The van der Waals surface area contributed by atoms with Crippen LogP contribution >= 0.6 is 11.6 Å². The van der Waals surface area contributed by atoms with Gasteiger partial charge in [-0.15, -0.1) is 0 Å². The lowest BCUT2D eigenvalue weighted by atomic mass is 10.2. The highest BCUT2D eigenvalue weighted by Crippen LogP contribution is 2.26. The van der Waals surface area contributed by atoms with Crippen molar-refractivity contribution in [2.45, 2.75) is 0 Å². The maximum Gasteiger partial charge on any atom is 0.229 e. The third kappa shape index (κ3) is 4.49. The molecular weight excluding hydrogens is 379 g/mol. The summed E-state index contributed by atoms with van der Waals surface area (Å²) in [6, 6.07) is 14.2. The van der Waals surface area contributed by atoms with Crippen LogP contribution in [-0.2, 0) is 0 Å². The normalized spacial score (nSPS) is 14.0. The number of rotatable bonds is 5. The predicted molar refractivity (Wildman–Crippen MR) is 112 cm³/mol. The zero-order chi connectivity index (χ0) is 19.3. The van der Waals surface area contributed by atoms with Gasteiger partial charge in [0.2, 0.25) is 5.95 Å². The Hall–Kier alpha value is -2.90. The molecule has 3 aromatic rings. The lowest BCUT2D eigenvalue weighted by molar-refractivity contribution is 0.589. The van der Waals surface area contributed by atoms with Crippen LogP contribution in [0.1, 0.15) is 0 Å². The second kappa shape index (κ2) is 8.41. The van der Waals surface area contributed by atoms with Gasteiger partial charge in [0.05, 0.1) is 6.20 Å². The minimum Gasteiger partial charge on any atom is -0.369 e. The van der Waals surface area contributed by atoms with Crippen molar-refractivity contribution in [3.8, 4) is 0 Å². The van der Waals surface area contributed by atoms with Crippen LogP contribution in [0.5, 0.6) is 0 Å². The predicted octanol–water partition coefficient (Wildman–Crippen LogP) is 4.17. The molecule has 4 rings (SSSR count). The Bertz CT molecular complexity index is 926. The third-order valence-electron chi connectivity index (χ3n) is 4.46. The van der Waals surface area contributed by atoms with Gasteiger partial charge in [0.1, 0.15) is 10.8 Å². The average molecular weight is 399 g/mol. The molecular formula is C20H20ClFN6. The SMILES string of the molecule is Fc1ccc(Nc2nc(Nc3ccc(N4CCNCC4)cc3)ncc2Cl)cc1. The number of hydrogen-bond acceptors (Lipinski definition) is 6. The molecule has 2 heterocycles. The minimum atomic E-state index is -0.300. The smallest absolute Gasteiger partial charge is 0.229 e. The Morgan fingerprint density at radius 3 is 2.29 bits per heavy atom. The fourth-order valence-electron chi connectivity index (χ4n) is 2.99. The standard InChI is InChI=1S/C20H20ClFN6/c21-18-13-24-20(27-19(18)25-15-3-1-14(22)2-4-15)26-16-5-7-17(8-6-16)28-11-9-23-10-12-28/h1-8,13,23H,9-12H2,(H2,24,25,26,27). The Morgan fingerprint density at radius 1 is 0.929 bits per heavy atom. The molecule has 0 bridgehead atoms. The summed E-state index contributed by atoms with van der Waals surface area (Å²) in [5.74, 6) is 0.568. The molecule has 1 aliphatic heterocycles. The van der Waals surface area contributed by atoms with Gasteiger partial charge in [-0.05, 0) is 48.5 Å². The highest BCUT2D eigenvalue weighted by molar-refractivity contribution is 6.32. The molecule has 3 N–H and O–H groups in total. The largest absolute Gasteiger partial charge is 0.369 e. The van der Waals surface area contributed by atoms with Crippen molar-refractivity contribution in [2.24, 2.45) is 0 Å².